The normalized spacial score (nSPS) is 68.8. The zero-order chi connectivity index (χ0) is 9.57. The second kappa shape index (κ2) is 2.45. The van der Waals surface area contributed by atoms with E-state index >= 15 is 0 Å². The third-order valence-electron chi connectivity index (χ3n) is 6.62. The Bertz CT molecular complexity index is 308. The molecule has 5 rings (SSSR count). The monoisotopic (exact) mass is 204 g/mol. The highest BCUT2D eigenvalue weighted by Crippen LogP contribution is 2.69. The fourth-order valence-electron chi connectivity index (χ4n) is 6.35. The van der Waals surface area contributed by atoms with E-state index in [9.17, 15) is 0 Å². The van der Waals surface area contributed by atoms with Crippen molar-refractivity contribution >= 4 is 0 Å². The van der Waals surface area contributed by atoms with Crippen molar-refractivity contribution in [1.82, 2.24) is 0 Å². The highest BCUT2D eigenvalue weighted by molar-refractivity contribution is 5.12. The second-order valence-electron chi connectivity index (χ2n) is 6.92. The van der Waals surface area contributed by atoms with Gasteiger partial charge in [0.2, 0.25) is 0 Å². The maximum Gasteiger partial charge on any atom is 0.0840 e. The fraction of sp³-hybridized carbons (Fsp3) is 1.00. The highest BCUT2D eigenvalue weighted by Gasteiger charge is 2.64. The van der Waals surface area contributed by atoms with Crippen LogP contribution in [-0.4, -0.2) is 12.7 Å². The second-order valence-corrected chi connectivity index (χ2v) is 6.92. The number of hydrogen-bond donors (Lipinski definition) is 0. The van der Waals surface area contributed by atoms with Gasteiger partial charge >= 0.3 is 0 Å². The van der Waals surface area contributed by atoms with Gasteiger partial charge in [0.25, 0.3) is 0 Å². The zero-order valence-corrected chi connectivity index (χ0v) is 9.27. The molecule has 1 heteroatoms. The zero-order valence-electron chi connectivity index (χ0n) is 9.27. The Balaban J connectivity index is 1.51. The SMILES string of the molecule is C1CC2CC1C1C3CC(C4CO4)C(C3)C21. The molecule has 4 aliphatic carbocycles. The number of hydrogen-bond acceptors (Lipinski definition) is 1. The minimum absolute atomic E-state index is 0.708. The first-order valence-electron chi connectivity index (χ1n) is 7.03. The predicted molar refractivity (Wildman–Crippen MR) is 57.3 cm³/mol. The molecule has 4 saturated carbocycles. The lowest BCUT2D eigenvalue weighted by Crippen LogP contribution is -2.34. The Labute approximate surface area is 91.6 Å². The van der Waals surface area contributed by atoms with Crippen LogP contribution in [0.5, 0.6) is 0 Å². The van der Waals surface area contributed by atoms with Crippen molar-refractivity contribution < 1.29 is 4.74 Å². The molecule has 0 amide bonds. The summed E-state index contributed by atoms with van der Waals surface area (Å²) in [6.07, 6.45) is 8.61. The Morgan fingerprint density at radius 2 is 1.47 bits per heavy atom. The van der Waals surface area contributed by atoms with Gasteiger partial charge in [0, 0.05) is 0 Å². The predicted octanol–water partition coefficient (Wildman–Crippen LogP) is 2.70. The van der Waals surface area contributed by atoms with Crippen LogP contribution in [0.15, 0.2) is 0 Å². The van der Waals surface area contributed by atoms with Crippen LogP contribution in [0.4, 0.5) is 0 Å². The molecule has 1 nitrogen and oxygen atoms in total. The lowest BCUT2D eigenvalue weighted by molar-refractivity contribution is 0.0903. The van der Waals surface area contributed by atoms with Crippen LogP contribution in [0.1, 0.15) is 32.1 Å². The van der Waals surface area contributed by atoms with Crippen LogP contribution in [0.2, 0.25) is 0 Å². The summed E-state index contributed by atoms with van der Waals surface area (Å²) in [6.45, 7) is 1.10. The molecule has 0 aromatic rings. The minimum atomic E-state index is 0.708. The van der Waals surface area contributed by atoms with E-state index in [0.29, 0.717) is 6.10 Å². The van der Waals surface area contributed by atoms with Crippen LogP contribution in [0, 0.1) is 41.4 Å². The Kier molecular flexibility index (Phi) is 1.32. The molecule has 82 valence electrons. The van der Waals surface area contributed by atoms with Crippen molar-refractivity contribution in [1.29, 1.82) is 0 Å². The highest BCUT2D eigenvalue weighted by atomic mass is 16.6. The number of epoxide rings is 1. The van der Waals surface area contributed by atoms with E-state index in [1.54, 1.807) is 32.1 Å². The Hall–Kier alpha value is -0.0400. The summed E-state index contributed by atoms with van der Waals surface area (Å²) in [6, 6.07) is 0. The van der Waals surface area contributed by atoms with Crippen molar-refractivity contribution in [3.63, 3.8) is 0 Å². The summed E-state index contributed by atoms with van der Waals surface area (Å²) >= 11 is 0. The van der Waals surface area contributed by atoms with Crippen LogP contribution >= 0.6 is 0 Å². The Morgan fingerprint density at radius 1 is 0.733 bits per heavy atom. The van der Waals surface area contributed by atoms with E-state index in [4.69, 9.17) is 4.74 Å². The number of fused-ring (bicyclic) bond motifs is 9. The quantitative estimate of drug-likeness (QED) is 0.472. The summed E-state index contributed by atoms with van der Waals surface area (Å²) in [4.78, 5) is 0. The summed E-state index contributed by atoms with van der Waals surface area (Å²) in [5.41, 5.74) is 0. The average molecular weight is 204 g/mol. The van der Waals surface area contributed by atoms with Gasteiger partial charge in [0.1, 0.15) is 0 Å². The Morgan fingerprint density at radius 3 is 2.27 bits per heavy atom. The summed E-state index contributed by atoms with van der Waals surface area (Å²) in [5.74, 6) is 7.89. The third kappa shape index (κ3) is 0.868. The fourth-order valence-corrected chi connectivity index (χ4v) is 6.35. The van der Waals surface area contributed by atoms with Gasteiger partial charge in [-0.15, -0.1) is 0 Å². The summed E-state index contributed by atoms with van der Waals surface area (Å²) < 4.78 is 5.57. The van der Waals surface area contributed by atoms with Crippen LogP contribution in [0.25, 0.3) is 0 Å². The third-order valence-corrected chi connectivity index (χ3v) is 6.62. The van der Waals surface area contributed by atoms with Gasteiger partial charge < -0.3 is 4.74 Å². The van der Waals surface area contributed by atoms with E-state index < -0.39 is 0 Å². The van der Waals surface area contributed by atoms with E-state index in [0.717, 1.165) is 42.1 Å². The molecule has 8 unspecified atom stereocenters. The molecule has 5 aliphatic rings. The standard InChI is InChI=1S/C14H20O/c1-2-8-3-7(1)13-9-4-10(12-6-15-12)11(5-9)14(8)13/h7-14H,1-6H2. The van der Waals surface area contributed by atoms with Crippen molar-refractivity contribution in [3.05, 3.63) is 0 Å². The first kappa shape index (κ1) is 8.11. The lowest BCUT2D eigenvalue weighted by Gasteiger charge is -2.38. The van der Waals surface area contributed by atoms with Crippen LogP contribution in [-0.2, 0) is 4.74 Å². The van der Waals surface area contributed by atoms with Gasteiger partial charge in [-0.05, 0) is 73.5 Å². The van der Waals surface area contributed by atoms with E-state index in [1.807, 2.05) is 0 Å². The molecule has 1 aliphatic heterocycles. The van der Waals surface area contributed by atoms with Crippen LogP contribution < -0.4 is 0 Å². The largest absolute Gasteiger partial charge is 0.373 e. The molecule has 1 heterocycles. The molecule has 8 atom stereocenters. The van der Waals surface area contributed by atoms with Crippen LogP contribution in [0.3, 0.4) is 0 Å². The maximum atomic E-state index is 5.57. The molecule has 0 N–H and O–H groups in total. The molecule has 15 heavy (non-hydrogen) atoms. The minimum Gasteiger partial charge on any atom is -0.373 e. The van der Waals surface area contributed by atoms with Gasteiger partial charge in [0.15, 0.2) is 0 Å². The van der Waals surface area contributed by atoms with E-state index in [1.165, 1.54) is 5.92 Å². The van der Waals surface area contributed by atoms with Crippen molar-refractivity contribution in [3.8, 4) is 0 Å². The van der Waals surface area contributed by atoms with E-state index in [2.05, 4.69) is 0 Å². The number of rotatable bonds is 1. The maximum absolute atomic E-state index is 5.57. The molecule has 1 saturated heterocycles. The molecule has 0 spiro atoms. The molecular weight excluding hydrogens is 184 g/mol. The van der Waals surface area contributed by atoms with Gasteiger partial charge in [-0.2, -0.15) is 0 Å². The van der Waals surface area contributed by atoms with Crippen molar-refractivity contribution in [2.45, 2.75) is 38.2 Å². The molecular formula is C14H20O. The first-order valence-corrected chi connectivity index (χ1v) is 7.03. The van der Waals surface area contributed by atoms with Gasteiger partial charge in [-0.25, -0.2) is 0 Å². The molecule has 0 radical (unpaired) electrons. The lowest BCUT2D eigenvalue weighted by atomic mass is 9.67. The topological polar surface area (TPSA) is 12.5 Å². The van der Waals surface area contributed by atoms with Gasteiger partial charge in [-0.1, -0.05) is 0 Å². The average Bonchev–Trinajstić information content (AvgIpc) is 2.73. The summed E-state index contributed by atoms with van der Waals surface area (Å²) in [7, 11) is 0. The molecule has 0 aromatic heterocycles. The summed E-state index contributed by atoms with van der Waals surface area (Å²) in [5, 5.41) is 0. The smallest absolute Gasteiger partial charge is 0.0840 e. The first-order chi connectivity index (χ1) is 7.42. The van der Waals surface area contributed by atoms with Gasteiger partial charge in [-0.3, -0.25) is 0 Å². The van der Waals surface area contributed by atoms with E-state index in [-0.39, 0.29) is 0 Å². The van der Waals surface area contributed by atoms with Crippen molar-refractivity contribution in [2.75, 3.05) is 6.61 Å². The molecule has 4 bridgehead atoms. The number of ether oxygens (including phenoxy) is 1. The van der Waals surface area contributed by atoms with Gasteiger partial charge in [0.05, 0.1) is 12.7 Å². The molecule has 5 fully saturated rings. The van der Waals surface area contributed by atoms with Crippen molar-refractivity contribution in [2.24, 2.45) is 41.4 Å². The molecule has 0 aromatic carbocycles.